The number of rotatable bonds is 3. The molecule has 4 nitrogen and oxygen atoms in total. The second kappa shape index (κ2) is 5.76. The van der Waals surface area contributed by atoms with Gasteiger partial charge < -0.3 is 9.63 Å². The summed E-state index contributed by atoms with van der Waals surface area (Å²) in [5, 5.41) is 14.5. The summed E-state index contributed by atoms with van der Waals surface area (Å²) in [6, 6.07) is 12.0. The molecule has 1 aromatic heterocycles. The lowest BCUT2D eigenvalue weighted by atomic mass is 10.1. The monoisotopic (exact) mass is 320 g/mol. The fourth-order valence-electron chi connectivity index (χ4n) is 1.92. The van der Waals surface area contributed by atoms with Crippen molar-refractivity contribution < 1.29 is 9.63 Å². The number of phenols is 1. The first-order valence-electron chi connectivity index (χ1n) is 6.18. The van der Waals surface area contributed by atoms with E-state index in [4.69, 9.17) is 27.7 Å². The Kier molecular flexibility index (Phi) is 3.82. The Bertz CT molecular complexity index is 787. The molecule has 0 fully saturated rings. The summed E-state index contributed by atoms with van der Waals surface area (Å²) in [6.07, 6.45) is 0.458. The van der Waals surface area contributed by atoms with Crippen molar-refractivity contribution in [3.63, 3.8) is 0 Å². The molecule has 0 bridgehead atoms. The number of aromatic hydroxyl groups is 1. The van der Waals surface area contributed by atoms with Gasteiger partial charge >= 0.3 is 0 Å². The molecule has 3 aromatic rings. The summed E-state index contributed by atoms with van der Waals surface area (Å²) in [7, 11) is 0. The Morgan fingerprint density at radius 2 is 1.86 bits per heavy atom. The van der Waals surface area contributed by atoms with Crippen molar-refractivity contribution in [1.82, 2.24) is 10.1 Å². The van der Waals surface area contributed by atoms with Gasteiger partial charge in [0.15, 0.2) is 5.82 Å². The van der Waals surface area contributed by atoms with Crippen LogP contribution in [0.5, 0.6) is 5.75 Å². The first-order valence-corrected chi connectivity index (χ1v) is 6.94. The normalized spacial score (nSPS) is 10.8. The van der Waals surface area contributed by atoms with E-state index in [1.807, 2.05) is 24.3 Å². The lowest BCUT2D eigenvalue weighted by Crippen LogP contribution is -1.91. The molecule has 0 amide bonds. The summed E-state index contributed by atoms with van der Waals surface area (Å²) in [6.45, 7) is 0. The number of halogens is 2. The predicted octanol–water partition coefficient (Wildman–Crippen LogP) is 4.34. The Morgan fingerprint density at radius 3 is 2.67 bits per heavy atom. The van der Waals surface area contributed by atoms with E-state index < -0.39 is 0 Å². The maximum atomic E-state index is 9.51. The summed E-state index contributed by atoms with van der Waals surface area (Å²) in [5.41, 5.74) is 1.41. The van der Waals surface area contributed by atoms with Gasteiger partial charge in [-0.3, -0.25) is 0 Å². The summed E-state index contributed by atoms with van der Waals surface area (Å²) in [4.78, 5) is 4.29. The molecular formula is C15H10Cl2N2O2. The molecule has 0 aliphatic carbocycles. The minimum Gasteiger partial charge on any atom is -0.508 e. The fourth-order valence-corrected chi connectivity index (χ4v) is 2.33. The van der Waals surface area contributed by atoms with E-state index >= 15 is 0 Å². The number of hydrogen-bond acceptors (Lipinski definition) is 4. The highest BCUT2D eigenvalue weighted by Gasteiger charge is 2.14. The van der Waals surface area contributed by atoms with Gasteiger partial charge in [-0.1, -0.05) is 46.6 Å². The van der Waals surface area contributed by atoms with Crippen molar-refractivity contribution in [2.24, 2.45) is 0 Å². The van der Waals surface area contributed by atoms with Crippen LogP contribution in [0.2, 0.25) is 10.0 Å². The van der Waals surface area contributed by atoms with Crippen LogP contribution in [-0.4, -0.2) is 15.2 Å². The molecule has 0 saturated heterocycles. The molecule has 2 aromatic carbocycles. The third-order valence-corrected chi connectivity index (χ3v) is 3.65. The summed E-state index contributed by atoms with van der Waals surface area (Å²) < 4.78 is 5.20. The number of aromatic nitrogens is 2. The van der Waals surface area contributed by atoms with Crippen molar-refractivity contribution >= 4 is 23.2 Å². The summed E-state index contributed by atoms with van der Waals surface area (Å²) >= 11 is 12.2. The molecule has 0 atom stereocenters. The molecule has 6 heteroatoms. The maximum Gasteiger partial charge on any atom is 0.259 e. The Balaban J connectivity index is 1.90. The highest BCUT2D eigenvalue weighted by Crippen LogP contribution is 2.30. The zero-order valence-corrected chi connectivity index (χ0v) is 12.3. The van der Waals surface area contributed by atoms with E-state index in [2.05, 4.69) is 10.1 Å². The molecule has 0 radical (unpaired) electrons. The molecule has 0 aliphatic rings. The van der Waals surface area contributed by atoms with Gasteiger partial charge in [0.05, 0.1) is 10.6 Å². The highest BCUT2D eigenvalue weighted by molar-refractivity contribution is 6.33. The van der Waals surface area contributed by atoms with Gasteiger partial charge in [0.1, 0.15) is 5.75 Å². The molecule has 0 aliphatic heterocycles. The zero-order chi connectivity index (χ0) is 14.8. The van der Waals surface area contributed by atoms with Crippen LogP contribution in [0.4, 0.5) is 0 Å². The largest absolute Gasteiger partial charge is 0.508 e. The number of nitrogens with zero attached hydrogens (tertiary/aromatic N) is 2. The van der Waals surface area contributed by atoms with Crippen molar-refractivity contribution in [3.05, 3.63) is 63.9 Å². The molecule has 1 heterocycles. The van der Waals surface area contributed by atoms with Gasteiger partial charge in [0, 0.05) is 11.4 Å². The van der Waals surface area contributed by atoms with Crippen LogP contribution in [0, 0.1) is 0 Å². The van der Waals surface area contributed by atoms with Gasteiger partial charge in [0.25, 0.3) is 5.89 Å². The SMILES string of the molecule is Oc1ccc(Cl)c(-c2nc(Cc3ccccc3Cl)no2)c1. The smallest absolute Gasteiger partial charge is 0.259 e. The molecule has 3 rings (SSSR count). The Labute approximate surface area is 130 Å². The topological polar surface area (TPSA) is 59.2 Å². The molecule has 21 heavy (non-hydrogen) atoms. The van der Waals surface area contributed by atoms with Gasteiger partial charge in [-0.25, -0.2) is 0 Å². The first kappa shape index (κ1) is 13.9. The quantitative estimate of drug-likeness (QED) is 0.779. The first-order chi connectivity index (χ1) is 10.1. The van der Waals surface area contributed by atoms with E-state index in [1.165, 1.54) is 12.1 Å². The molecule has 106 valence electrons. The van der Waals surface area contributed by atoms with Crippen LogP contribution in [0.15, 0.2) is 47.0 Å². The van der Waals surface area contributed by atoms with E-state index in [-0.39, 0.29) is 11.6 Å². The Morgan fingerprint density at radius 1 is 1.05 bits per heavy atom. The fraction of sp³-hybridized carbons (Fsp3) is 0.0667. The minimum atomic E-state index is 0.0836. The zero-order valence-electron chi connectivity index (χ0n) is 10.8. The Hall–Kier alpha value is -2.04. The van der Waals surface area contributed by atoms with Crippen LogP contribution in [0.3, 0.4) is 0 Å². The molecule has 0 unspecified atom stereocenters. The van der Waals surface area contributed by atoms with Crippen molar-refractivity contribution in [2.75, 3.05) is 0 Å². The van der Waals surface area contributed by atoms with Crippen LogP contribution in [0.25, 0.3) is 11.5 Å². The lowest BCUT2D eigenvalue weighted by molar-refractivity contribution is 0.423. The van der Waals surface area contributed by atoms with Gasteiger partial charge in [0.2, 0.25) is 0 Å². The highest BCUT2D eigenvalue weighted by atomic mass is 35.5. The third kappa shape index (κ3) is 3.01. The van der Waals surface area contributed by atoms with Gasteiger partial charge in [-0.05, 0) is 29.8 Å². The second-order valence-corrected chi connectivity index (χ2v) is 5.26. The molecule has 0 spiro atoms. The number of phenolic OH excluding ortho intramolecular Hbond substituents is 1. The van der Waals surface area contributed by atoms with Crippen LogP contribution >= 0.6 is 23.2 Å². The van der Waals surface area contributed by atoms with E-state index in [0.717, 1.165) is 5.56 Å². The van der Waals surface area contributed by atoms with Crippen molar-refractivity contribution in [3.8, 4) is 17.2 Å². The third-order valence-electron chi connectivity index (χ3n) is 2.95. The van der Waals surface area contributed by atoms with E-state index in [1.54, 1.807) is 6.07 Å². The van der Waals surface area contributed by atoms with Crippen LogP contribution in [-0.2, 0) is 6.42 Å². The molecule has 0 saturated carbocycles. The minimum absolute atomic E-state index is 0.0836. The average molecular weight is 321 g/mol. The van der Waals surface area contributed by atoms with E-state index in [9.17, 15) is 5.11 Å². The van der Waals surface area contributed by atoms with Gasteiger partial charge in [-0.2, -0.15) is 4.98 Å². The second-order valence-electron chi connectivity index (χ2n) is 4.45. The summed E-state index contributed by atoms with van der Waals surface area (Å²) in [5.74, 6) is 0.843. The average Bonchev–Trinajstić information content (AvgIpc) is 2.92. The number of hydrogen-bond donors (Lipinski definition) is 1. The van der Waals surface area contributed by atoms with Crippen LogP contribution < -0.4 is 0 Å². The van der Waals surface area contributed by atoms with Crippen molar-refractivity contribution in [2.45, 2.75) is 6.42 Å². The molecular weight excluding hydrogens is 311 g/mol. The predicted molar refractivity (Wildman–Crippen MR) is 80.7 cm³/mol. The van der Waals surface area contributed by atoms with Crippen molar-refractivity contribution in [1.29, 1.82) is 0 Å². The van der Waals surface area contributed by atoms with Crippen LogP contribution in [0.1, 0.15) is 11.4 Å². The van der Waals surface area contributed by atoms with Gasteiger partial charge in [-0.15, -0.1) is 0 Å². The lowest BCUT2D eigenvalue weighted by Gasteiger charge is -1.99. The van der Waals surface area contributed by atoms with E-state index in [0.29, 0.717) is 27.9 Å². The standard InChI is InChI=1S/C15H10Cl2N2O2/c16-12-4-2-1-3-9(12)7-14-18-15(21-19-14)11-8-10(20)5-6-13(11)17/h1-6,8,20H,7H2. The molecule has 1 N–H and O–H groups in total. The maximum absolute atomic E-state index is 9.51. The number of benzene rings is 2.